The molecule has 0 unspecified atom stereocenters. The van der Waals surface area contributed by atoms with Crippen LogP contribution >= 0.6 is 0 Å². The van der Waals surface area contributed by atoms with E-state index < -0.39 is 11.4 Å². The van der Waals surface area contributed by atoms with E-state index in [1.807, 2.05) is 6.92 Å². The zero-order valence-corrected chi connectivity index (χ0v) is 16.6. The Hall–Kier alpha value is -5.37. The molecule has 0 aromatic rings. The molecule has 0 spiro atoms. The number of ether oxygens (including phenoxy) is 1. The minimum atomic E-state index is -0.572. The Labute approximate surface area is 179 Å². The van der Waals surface area contributed by atoms with E-state index in [9.17, 15) is 4.79 Å². The molecular formula is C28H12O2. The van der Waals surface area contributed by atoms with E-state index in [1.54, 1.807) is 13.8 Å². The van der Waals surface area contributed by atoms with Crippen LogP contribution in [0.1, 0.15) is 27.2 Å². The summed E-state index contributed by atoms with van der Waals surface area (Å²) in [6.45, 7) is 5.45. The molecule has 0 saturated heterocycles. The van der Waals surface area contributed by atoms with Crippen LogP contribution in [-0.2, 0) is 9.53 Å². The van der Waals surface area contributed by atoms with E-state index >= 15 is 0 Å². The van der Waals surface area contributed by atoms with Crippen molar-refractivity contribution in [1.29, 1.82) is 0 Å². The highest BCUT2D eigenvalue weighted by Gasteiger charge is 2.26. The van der Waals surface area contributed by atoms with Crippen molar-refractivity contribution in [2.75, 3.05) is 0 Å². The van der Waals surface area contributed by atoms with Crippen LogP contribution < -0.4 is 0 Å². The number of carbonyl (C=O) groups is 1. The average Bonchev–Trinajstić information content (AvgIpc) is 2.74. The molecule has 0 aliphatic heterocycles. The van der Waals surface area contributed by atoms with E-state index in [2.05, 4.69) is 125 Å². The lowest BCUT2D eigenvalue weighted by molar-refractivity contribution is -0.146. The van der Waals surface area contributed by atoms with Gasteiger partial charge in [-0.2, -0.15) is 0 Å². The molecule has 0 amide bonds. The summed E-state index contributed by atoms with van der Waals surface area (Å²) in [5.41, 5.74) is -0.572. The van der Waals surface area contributed by atoms with E-state index in [1.165, 1.54) is 0 Å². The Kier molecular flexibility index (Phi) is 14.0. The Morgan fingerprint density at radius 2 is 0.933 bits per heavy atom. The third-order valence-electron chi connectivity index (χ3n) is 2.83. The largest absolute Gasteiger partial charge is 0.371 e. The molecule has 0 N–H and O–H groups in total. The van der Waals surface area contributed by atoms with Crippen LogP contribution in [-0.4, -0.2) is 5.97 Å². The molecule has 136 valence electrons. The highest BCUT2D eigenvalue weighted by molar-refractivity contribution is 5.76. The van der Waals surface area contributed by atoms with Crippen molar-refractivity contribution in [2.24, 2.45) is 5.41 Å². The maximum Gasteiger partial charge on any atom is 0.325 e. The smallest absolute Gasteiger partial charge is 0.325 e. The molecule has 0 rings (SSSR count). The molecule has 0 atom stereocenters. The lowest BCUT2D eigenvalue weighted by Crippen LogP contribution is -2.24. The molecule has 0 fully saturated rings. The Morgan fingerprint density at radius 1 is 0.633 bits per heavy atom. The lowest BCUT2D eigenvalue weighted by atomic mass is 9.91. The van der Waals surface area contributed by atoms with Crippen LogP contribution in [0.2, 0.25) is 0 Å². The van der Waals surface area contributed by atoms with Gasteiger partial charge in [0.2, 0.25) is 0 Å². The van der Waals surface area contributed by atoms with Crippen molar-refractivity contribution in [3.63, 3.8) is 0 Å². The molecule has 0 radical (unpaired) electrons. The van der Waals surface area contributed by atoms with Gasteiger partial charge in [0.25, 0.3) is 0 Å². The van der Waals surface area contributed by atoms with Gasteiger partial charge < -0.3 is 4.74 Å². The number of rotatable bonds is 2. The molecule has 0 aliphatic rings. The van der Waals surface area contributed by atoms with Crippen molar-refractivity contribution in [2.45, 2.75) is 27.2 Å². The van der Waals surface area contributed by atoms with Gasteiger partial charge in [-0.05, 0) is 67.6 Å². The van der Waals surface area contributed by atoms with Crippen LogP contribution in [0.5, 0.6) is 0 Å². The number of hydrogen-bond donors (Lipinski definition) is 0. The van der Waals surface area contributed by atoms with Gasteiger partial charge in [0.15, 0.2) is 0 Å². The van der Waals surface area contributed by atoms with Crippen LogP contribution in [0, 0.1) is 136 Å². The first-order valence-corrected chi connectivity index (χ1v) is 8.21. The van der Waals surface area contributed by atoms with Gasteiger partial charge in [-0.25, -0.2) is 0 Å². The first kappa shape index (κ1) is 24.6. The maximum absolute atomic E-state index is 11.6. The van der Waals surface area contributed by atoms with Gasteiger partial charge in [-0.1, -0.05) is 6.92 Å². The lowest BCUT2D eigenvalue weighted by Gasteiger charge is -2.17. The number of esters is 1. The summed E-state index contributed by atoms with van der Waals surface area (Å²) in [6.07, 6.45) is 7.80. The minimum Gasteiger partial charge on any atom is -0.371 e. The first-order valence-electron chi connectivity index (χ1n) is 8.21. The summed E-state index contributed by atoms with van der Waals surface area (Å²) in [7, 11) is 0. The van der Waals surface area contributed by atoms with Gasteiger partial charge in [0.1, 0.15) is 6.11 Å². The second-order valence-electron chi connectivity index (χ2n) is 5.25. The van der Waals surface area contributed by atoms with E-state index in [0.717, 1.165) is 0 Å². The van der Waals surface area contributed by atoms with Gasteiger partial charge in [-0.3, -0.25) is 4.79 Å². The minimum absolute atomic E-state index is 0.395. The van der Waals surface area contributed by atoms with E-state index in [4.69, 9.17) is 11.2 Å². The molecule has 0 aromatic carbocycles. The zero-order valence-electron chi connectivity index (χ0n) is 16.6. The predicted molar refractivity (Wildman–Crippen MR) is 117 cm³/mol. The van der Waals surface area contributed by atoms with Crippen LogP contribution in [0.3, 0.4) is 0 Å². The van der Waals surface area contributed by atoms with E-state index in [-0.39, 0.29) is 0 Å². The summed E-state index contributed by atoms with van der Waals surface area (Å²) in [6, 6.07) is 0. The standard InChI is InChI=1S/C28H12O2/c1-5-7-8-9-10-11-12-13-14-15-16-17-18-19-20-21-22-23-24-25-26-30-27(29)28(3,4)6-2/h1H,6H2,2-4H3. The summed E-state index contributed by atoms with van der Waals surface area (Å²) in [5, 5.41) is 0. The first-order chi connectivity index (χ1) is 14.5. The monoisotopic (exact) mass is 380 g/mol. The van der Waals surface area contributed by atoms with Gasteiger partial charge in [-0.15, -0.1) is 6.42 Å². The Balaban J connectivity index is 4.47. The zero-order chi connectivity index (χ0) is 22.3. The third kappa shape index (κ3) is 14.9. The Morgan fingerprint density at radius 3 is 1.23 bits per heavy atom. The van der Waals surface area contributed by atoms with Crippen molar-refractivity contribution in [3.8, 4) is 131 Å². The second-order valence-corrected chi connectivity index (χ2v) is 5.25. The molecule has 0 aromatic heterocycles. The number of carbonyl (C=O) groups excluding carboxylic acids is 1. The maximum atomic E-state index is 11.6. The van der Waals surface area contributed by atoms with Crippen LogP contribution in [0.4, 0.5) is 0 Å². The summed E-state index contributed by atoms with van der Waals surface area (Å²) in [4.78, 5) is 11.6. The average molecular weight is 380 g/mol. The van der Waals surface area contributed by atoms with Gasteiger partial charge >= 0.3 is 5.97 Å². The molecule has 0 saturated carbocycles. The third-order valence-corrected chi connectivity index (χ3v) is 2.83. The number of terminal acetylenes is 1. The normalized spacial score (nSPS) is 6.07. The van der Waals surface area contributed by atoms with Crippen molar-refractivity contribution in [1.82, 2.24) is 0 Å². The van der Waals surface area contributed by atoms with E-state index in [0.29, 0.717) is 6.42 Å². The molecule has 2 nitrogen and oxygen atoms in total. The number of hydrogen-bond acceptors (Lipinski definition) is 2. The van der Waals surface area contributed by atoms with Crippen LogP contribution in [0.15, 0.2) is 0 Å². The molecule has 30 heavy (non-hydrogen) atoms. The van der Waals surface area contributed by atoms with Crippen molar-refractivity contribution < 1.29 is 9.53 Å². The van der Waals surface area contributed by atoms with Crippen LogP contribution in [0.25, 0.3) is 0 Å². The molecular weight excluding hydrogens is 368 g/mol. The summed E-state index contributed by atoms with van der Waals surface area (Å²) >= 11 is 0. The fourth-order valence-electron chi connectivity index (χ4n) is 0.947. The predicted octanol–water partition coefficient (Wildman–Crippen LogP) is 1.59. The summed E-state index contributed by atoms with van der Waals surface area (Å²) in [5.74, 6) is 48.3. The Bertz CT molecular complexity index is 1340. The molecule has 2 heteroatoms. The fraction of sp³-hybridized carbons (Fsp3) is 0.179. The SMILES string of the molecule is C#CC#CC#CC#CC#CC#CC#CC#CC#CC#CC#COC(=O)C(C)(C)CC. The van der Waals surface area contributed by atoms with Crippen molar-refractivity contribution >= 4 is 5.97 Å². The topological polar surface area (TPSA) is 26.3 Å². The fourth-order valence-corrected chi connectivity index (χ4v) is 0.947. The molecule has 0 heterocycles. The molecule has 0 bridgehead atoms. The highest BCUT2D eigenvalue weighted by Crippen LogP contribution is 2.20. The molecule has 0 aliphatic carbocycles. The van der Waals surface area contributed by atoms with Crippen molar-refractivity contribution in [3.05, 3.63) is 0 Å². The van der Waals surface area contributed by atoms with Gasteiger partial charge in [0, 0.05) is 71.0 Å². The summed E-state index contributed by atoms with van der Waals surface area (Å²) < 4.78 is 4.79. The quantitative estimate of drug-likeness (QED) is 0.537. The highest BCUT2D eigenvalue weighted by atomic mass is 16.5. The second kappa shape index (κ2) is 17.1. The van der Waals surface area contributed by atoms with Gasteiger partial charge in [0.05, 0.1) is 5.41 Å².